The number of amides is 1. The van der Waals surface area contributed by atoms with E-state index in [4.69, 9.17) is 4.74 Å². The first-order valence-corrected chi connectivity index (χ1v) is 6.77. The molecule has 1 amide bonds. The molecule has 0 aliphatic heterocycles. The maximum Gasteiger partial charge on any atom is 0.307 e. The van der Waals surface area contributed by atoms with Crippen molar-refractivity contribution in [3.05, 3.63) is 0 Å². The van der Waals surface area contributed by atoms with Gasteiger partial charge in [0.25, 0.3) is 0 Å². The second-order valence-corrected chi connectivity index (χ2v) is 5.45. The van der Waals surface area contributed by atoms with Crippen molar-refractivity contribution in [2.24, 2.45) is 5.41 Å². The SMILES string of the molecule is CCCCN(CCC(=O)OCC)C(=O)C(C)(C)C. The maximum atomic E-state index is 12.2. The van der Waals surface area contributed by atoms with Crippen molar-refractivity contribution in [3.8, 4) is 0 Å². The van der Waals surface area contributed by atoms with Gasteiger partial charge in [0.1, 0.15) is 0 Å². The van der Waals surface area contributed by atoms with Crippen molar-refractivity contribution < 1.29 is 14.3 Å². The van der Waals surface area contributed by atoms with Crippen LogP contribution in [0.4, 0.5) is 0 Å². The van der Waals surface area contributed by atoms with Gasteiger partial charge in [0.15, 0.2) is 0 Å². The summed E-state index contributed by atoms with van der Waals surface area (Å²) in [6.07, 6.45) is 2.28. The fourth-order valence-corrected chi connectivity index (χ4v) is 1.60. The number of carbonyl (C=O) groups excluding carboxylic acids is 2. The Balaban J connectivity index is 4.40. The highest BCUT2D eigenvalue weighted by molar-refractivity contribution is 5.82. The van der Waals surface area contributed by atoms with Crippen LogP contribution in [0.3, 0.4) is 0 Å². The summed E-state index contributed by atoms with van der Waals surface area (Å²) in [7, 11) is 0. The van der Waals surface area contributed by atoms with Crippen LogP contribution in [-0.4, -0.2) is 36.5 Å². The molecule has 0 unspecified atom stereocenters. The van der Waals surface area contributed by atoms with Crippen molar-refractivity contribution in [3.63, 3.8) is 0 Å². The summed E-state index contributed by atoms with van der Waals surface area (Å²) in [4.78, 5) is 25.3. The minimum absolute atomic E-state index is 0.0975. The summed E-state index contributed by atoms with van der Waals surface area (Å²) in [5.41, 5.74) is -0.400. The molecule has 0 atom stereocenters. The Labute approximate surface area is 111 Å². The van der Waals surface area contributed by atoms with E-state index in [-0.39, 0.29) is 18.3 Å². The molecule has 4 nitrogen and oxygen atoms in total. The third kappa shape index (κ3) is 6.62. The van der Waals surface area contributed by atoms with E-state index in [1.807, 2.05) is 20.8 Å². The van der Waals surface area contributed by atoms with Crippen molar-refractivity contribution in [1.29, 1.82) is 0 Å². The number of nitrogens with zero attached hydrogens (tertiary/aromatic N) is 1. The summed E-state index contributed by atoms with van der Waals surface area (Å²) in [6.45, 7) is 11.1. The Bertz CT molecular complexity index is 269. The molecular weight excluding hydrogens is 230 g/mol. The molecular formula is C14H27NO3. The minimum atomic E-state index is -0.400. The zero-order valence-corrected chi connectivity index (χ0v) is 12.4. The first kappa shape index (κ1) is 16.9. The highest BCUT2D eigenvalue weighted by Crippen LogP contribution is 2.18. The van der Waals surface area contributed by atoms with Crippen molar-refractivity contribution in [2.45, 2.75) is 53.9 Å². The standard InChI is InChI=1S/C14H27NO3/c1-6-8-10-15(13(17)14(3,4)5)11-9-12(16)18-7-2/h6-11H2,1-5H3. The van der Waals surface area contributed by atoms with Gasteiger partial charge in [-0.1, -0.05) is 34.1 Å². The molecule has 0 aromatic carbocycles. The molecule has 0 radical (unpaired) electrons. The second kappa shape index (κ2) is 8.11. The average Bonchev–Trinajstić information content (AvgIpc) is 2.27. The number of hydrogen-bond acceptors (Lipinski definition) is 3. The first-order chi connectivity index (χ1) is 8.32. The van der Waals surface area contributed by atoms with Gasteiger partial charge in [-0.15, -0.1) is 0 Å². The first-order valence-electron chi connectivity index (χ1n) is 6.77. The normalized spacial score (nSPS) is 11.2. The third-order valence-electron chi connectivity index (χ3n) is 2.60. The quantitative estimate of drug-likeness (QED) is 0.659. The molecule has 0 saturated carbocycles. The van der Waals surface area contributed by atoms with Crippen LogP contribution in [0.15, 0.2) is 0 Å². The molecule has 0 aliphatic rings. The predicted molar refractivity (Wildman–Crippen MR) is 72.2 cm³/mol. The van der Waals surface area contributed by atoms with Gasteiger partial charge in [-0.25, -0.2) is 0 Å². The molecule has 0 aromatic rings. The summed E-state index contributed by atoms with van der Waals surface area (Å²) < 4.78 is 4.89. The van der Waals surface area contributed by atoms with Crippen LogP contribution in [0, 0.1) is 5.41 Å². The molecule has 0 fully saturated rings. The smallest absolute Gasteiger partial charge is 0.307 e. The predicted octanol–water partition coefficient (Wildman–Crippen LogP) is 2.61. The molecule has 0 saturated heterocycles. The number of ether oxygens (including phenoxy) is 1. The Hall–Kier alpha value is -1.06. The maximum absolute atomic E-state index is 12.2. The van der Waals surface area contributed by atoms with Crippen LogP contribution < -0.4 is 0 Å². The molecule has 0 spiro atoms. The molecule has 0 N–H and O–H groups in total. The molecule has 0 aliphatic carbocycles. The zero-order chi connectivity index (χ0) is 14.2. The number of unbranched alkanes of at least 4 members (excludes halogenated alkanes) is 1. The second-order valence-electron chi connectivity index (χ2n) is 5.45. The van der Waals surface area contributed by atoms with Gasteiger partial charge in [-0.3, -0.25) is 9.59 Å². The molecule has 4 heteroatoms. The van der Waals surface area contributed by atoms with Crippen LogP contribution in [0.25, 0.3) is 0 Å². The van der Waals surface area contributed by atoms with Crippen LogP contribution >= 0.6 is 0 Å². The summed E-state index contributed by atoms with van der Waals surface area (Å²) in [5.74, 6) is -0.138. The minimum Gasteiger partial charge on any atom is -0.466 e. The van der Waals surface area contributed by atoms with Crippen LogP contribution in [0.1, 0.15) is 53.9 Å². The lowest BCUT2D eigenvalue weighted by Crippen LogP contribution is -2.41. The lowest BCUT2D eigenvalue weighted by atomic mass is 9.94. The topological polar surface area (TPSA) is 46.6 Å². The van der Waals surface area contributed by atoms with E-state index in [0.29, 0.717) is 19.7 Å². The Morgan fingerprint density at radius 3 is 2.17 bits per heavy atom. The Morgan fingerprint density at radius 2 is 1.72 bits per heavy atom. The van der Waals surface area contributed by atoms with Crippen molar-refractivity contribution >= 4 is 11.9 Å². The van der Waals surface area contributed by atoms with Gasteiger partial charge in [0, 0.05) is 18.5 Å². The van der Waals surface area contributed by atoms with Crippen LogP contribution in [0.5, 0.6) is 0 Å². The molecule has 106 valence electrons. The largest absolute Gasteiger partial charge is 0.466 e. The number of esters is 1. The molecule has 0 rings (SSSR count). The highest BCUT2D eigenvalue weighted by Gasteiger charge is 2.27. The monoisotopic (exact) mass is 257 g/mol. The molecule has 18 heavy (non-hydrogen) atoms. The number of hydrogen-bond donors (Lipinski definition) is 0. The van der Waals surface area contributed by atoms with Crippen LogP contribution in [-0.2, 0) is 14.3 Å². The summed E-state index contributed by atoms with van der Waals surface area (Å²) in [5, 5.41) is 0. The highest BCUT2D eigenvalue weighted by atomic mass is 16.5. The number of carbonyl (C=O) groups is 2. The van der Waals surface area contributed by atoms with Crippen molar-refractivity contribution in [1.82, 2.24) is 4.90 Å². The van der Waals surface area contributed by atoms with Gasteiger partial charge in [0.2, 0.25) is 5.91 Å². The van der Waals surface area contributed by atoms with E-state index < -0.39 is 5.41 Å². The lowest BCUT2D eigenvalue weighted by Gasteiger charge is -2.29. The van der Waals surface area contributed by atoms with E-state index in [0.717, 1.165) is 12.8 Å². The van der Waals surface area contributed by atoms with Crippen molar-refractivity contribution in [2.75, 3.05) is 19.7 Å². The zero-order valence-electron chi connectivity index (χ0n) is 12.4. The fourth-order valence-electron chi connectivity index (χ4n) is 1.60. The molecule has 0 aromatic heterocycles. The molecule has 0 heterocycles. The van der Waals surface area contributed by atoms with Gasteiger partial charge < -0.3 is 9.64 Å². The van der Waals surface area contributed by atoms with E-state index in [1.165, 1.54) is 0 Å². The average molecular weight is 257 g/mol. The van der Waals surface area contributed by atoms with E-state index in [9.17, 15) is 9.59 Å². The van der Waals surface area contributed by atoms with Crippen LogP contribution in [0.2, 0.25) is 0 Å². The fraction of sp³-hybridized carbons (Fsp3) is 0.857. The van der Waals surface area contributed by atoms with E-state index >= 15 is 0 Å². The summed E-state index contributed by atoms with van der Waals surface area (Å²) in [6, 6.07) is 0. The van der Waals surface area contributed by atoms with Gasteiger partial charge >= 0.3 is 5.97 Å². The summed E-state index contributed by atoms with van der Waals surface area (Å²) >= 11 is 0. The van der Waals surface area contributed by atoms with E-state index in [1.54, 1.807) is 11.8 Å². The molecule has 0 bridgehead atoms. The Morgan fingerprint density at radius 1 is 1.11 bits per heavy atom. The van der Waals surface area contributed by atoms with Gasteiger partial charge in [-0.05, 0) is 13.3 Å². The van der Waals surface area contributed by atoms with Gasteiger partial charge in [0.05, 0.1) is 13.0 Å². The lowest BCUT2D eigenvalue weighted by molar-refractivity contribution is -0.145. The van der Waals surface area contributed by atoms with E-state index in [2.05, 4.69) is 6.92 Å². The number of rotatable bonds is 7. The third-order valence-corrected chi connectivity index (χ3v) is 2.60. The Kier molecular flexibility index (Phi) is 7.64. The van der Waals surface area contributed by atoms with Gasteiger partial charge in [-0.2, -0.15) is 0 Å².